The number of anilines is 1. The van der Waals surface area contributed by atoms with Gasteiger partial charge in [0, 0.05) is 6.42 Å². The molecule has 1 saturated heterocycles. The molecule has 1 aliphatic rings. The molecule has 24 heavy (non-hydrogen) atoms. The van der Waals surface area contributed by atoms with E-state index >= 15 is 0 Å². The second kappa shape index (κ2) is 7.97. The van der Waals surface area contributed by atoms with Gasteiger partial charge in [-0.15, -0.1) is 0 Å². The van der Waals surface area contributed by atoms with Crippen molar-refractivity contribution >= 4 is 11.6 Å². The summed E-state index contributed by atoms with van der Waals surface area (Å²) in [7, 11) is 0. The van der Waals surface area contributed by atoms with Crippen molar-refractivity contribution in [2.75, 3.05) is 18.4 Å². The number of amides is 1. The van der Waals surface area contributed by atoms with E-state index in [1.807, 2.05) is 55.5 Å². The first-order valence-electron chi connectivity index (χ1n) is 8.55. The maximum atomic E-state index is 12.2. The number of para-hydroxylation sites is 2. The van der Waals surface area contributed by atoms with Gasteiger partial charge in [-0.05, 0) is 68.6 Å². The number of carbonyl (C=O) groups excluding carboxylic acids is 1. The molecule has 1 heterocycles. The molecule has 0 bridgehead atoms. The predicted octanol–water partition coefficient (Wildman–Crippen LogP) is 4.12. The molecule has 2 aromatic rings. The molecule has 4 nitrogen and oxygen atoms in total. The normalized spacial score (nSPS) is 16.8. The Bertz CT molecular complexity index is 694. The number of hydrogen-bond acceptors (Lipinski definition) is 3. The van der Waals surface area contributed by atoms with Crippen molar-refractivity contribution in [2.24, 2.45) is 5.92 Å². The van der Waals surface area contributed by atoms with Crippen LogP contribution in [0.5, 0.6) is 11.5 Å². The van der Waals surface area contributed by atoms with E-state index in [2.05, 4.69) is 10.6 Å². The zero-order valence-corrected chi connectivity index (χ0v) is 14.0. The van der Waals surface area contributed by atoms with Crippen LogP contribution in [0.25, 0.3) is 0 Å². The highest BCUT2D eigenvalue weighted by molar-refractivity contribution is 5.92. The lowest BCUT2D eigenvalue weighted by molar-refractivity contribution is -0.116. The van der Waals surface area contributed by atoms with E-state index in [4.69, 9.17) is 4.74 Å². The highest BCUT2D eigenvalue weighted by atomic mass is 16.5. The van der Waals surface area contributed by atoms with Crippen LogP contribution >= 0.6 is 0 Å². The summed E-state index contributed by atoms with van der Waals surface area (Å²) in [5.74, 6) is 2.10. The van der Waals surface area contributed by atoms with Gasteiger partial charge in [-0.25, -0.2) is 0 Å². The first-order valence-corrected chi connectivity index (χ1v) is 8.55. The Labute approximate surface area is 143 Å². The average Bonchev–Trinajstić information content (AvgIpc) is 3.08. The fraction of sp³-hybridized carbons (Fsp3) is 0.350. The number of rotatable bonds is 6. The van der Waals surface area contributed by atoms with Crippen LogP contribution in [-0.2, 0) is 4.79 Å². The van der Waals surface area contributed by atoms with Gasteiger partial charge < -0.3 is 15.4 Å². The van der Waals surface area contributed by atoms with E-state index in [1.54, 1.807) is 0 Å². The summed E-state index contributed by atoms with van der Waals surface area (Å²) in [5, 5.41) is 6.32. The summed E-state index contributed by atoms with van der Waals surface area (Å²) in [6.07, 6.45) is 2.64. The SMILES string of the molecule is Cc1cccc(Oc2ccccc2NC(=O)CCC2CCNC2)c1. The molecule has 1 amide bonds. The van der Waals surface area contributed by atoms with Gasteiger partial charge in [0.15, 0.2) is 5.75 Å². The van der Waals surface area contributed by atoms with E-state index in [0.717, 1.165) is 30.8 Å². The lowest BCUT2D eigenvalue weighted by atomic mass is 10.0. The number of benzene rings is 2. The minimum absolute atomic E-state index is 0.0437. The molecule has 1 aliphatic heterocycles. The Morgan fingerprint density at radius 2 is 2.12 bits per heavy atom. The zero-order chi connectivity index (χ0) is 16.8. The smallest absolute Gasteiger partial charge is 0.224 e. The van der Waals surface area contributed by atoms with Crippen LogP contribution in [0.3, 0.4) is 0 Å². The molecule has 0 radical (unpaired) electrons. The van der Waals surface area contributed by atoms with Gasteiger partial charge >= 0.3 is 0 Å². The molecule has 4 heteroatoms. The van der Waals surface area contributed by atoms with Crippen LogP contribution in [0, 0.1) is 12.8 Å². The number of carbonyl (C=O) groups is 1. The second-order valence-electron chi connectivity index (χ2n) is 6.36. The Morgan fingerprint density at radius 1 is 1.25 bits per heavy atom. The van der Waals surface area contributed by atoms with Gasteiger partial charge in [0.05, 0.1) is 5.69 Å². The van der Waals surface area contributed by atoms with E-state index in [9.17, 15) is 4.79 Å². The number of ether oxygens (including phenoxy) is 1. The summed E-state index contributed by atoms with van der Waals surface area (Å²) < 4.78 is 5.94. The van der Waals surface area contributed by atoms with Gasteiger partial charge in [-0.2, -0.15) is 0 Å². The Hall–Kier alpha value is -2.33. The minimum Gasteiger partial charge on any atom is -0.455 e. The summed E-state index contributed by atoms with van der Waals surface area (Å²) in [4.78, 5) is 12.2. The van der Waals surface area contributed by atoms with Crippen LogP contribution in [0.15, 0.2) is 48.5 Å². The predicted molar refractivity (Wildman–Crippen MR) is 96.5 cm³/mol. The largest absolute Gasteiger partial charge is 0.455 e. The van der Waals surface area contributed by atoms with E-state index in [0.29, 0.717) is 23.8 Å². The van der Waals surface area contributed by atoms with E-state index < -0.39 is 0 Å². The lowest BCUT2D eigenvalue weighted by Crippen LogP contribution is -2.15. The molecule has 1 atom stereocenters. The quantitative estimate of drug-likeness (QED) is 0.840. The summed E-state index contributed by atoms with van der Waals surface area (Å²) in [5.41, 5.74) is 1.85. The van der Waals surface area contributed by atoms with E-state index in [1.165, 1.54) is 6.42 Å². The molecular formula is C20H24N2O2. The molecule has 1 unspecified atom stereocenters. The molecule has 126 valence electrons. The molecule has 0 aromatic heterocycles. The third kappa shape index (κ3) is 4.59. The van der Waals surface area contributed by atoms with Crippen molar-refractivity contribution in [2.45, 2.75) is 26.2 Å². The molecule has 2 N–H and O–H groups in total. The average molecular weight is 324 g/mol. The van der Waals surface area contributed by atoms with Crippen molar-refractivity contribution in [3.05, 3.63) is 54.1 Å². The first-order chi connectivity index (χ1) is 11.7. The van der Waals surface area contributed by atoms with Crippen LogP contribution in [0.2, 0.25) is 0 Å². The molecule has 3 rings (SSSR count). The molecule has 0 spiro atoms. The molecule has 0 aliphatic carbocycles. The third-order valence-corrected chi connectivity index (χ3v) is 4.32. The topological polar surface area (TPSA) is 50.4 Å². The van der Waals surface area contributed by atoms with Crippen LogP contribution in [-0.4, -0.2) is 19.0 Å². The Kier molecular flexibility index (Phi) is 5.49. The first kappa shape index (κ1) is 16.5. The van der Waals surface area contributed by atoms with Crippen molar-refractivity contribution in [3.63, 3.8) is 0 Å². The maximum absolute atomic E-state index is 12.2. The van der Waals surface area contributed by atoms with Crippen molar-refractivity contribution < 1.29 is 9.53 Å². The van der Waals surface area contributed by atoms with Gasteiger partial charge in [-0.3, -0.25) is 4.79 Å². The fourth-order valence-corrected chi connectivity index (χ4v) is 2.97. The van der Waals surface area contributed by atoms with Gasteiger partial charge in [-0.1, -0.05) is 24.3 Å². The van der Waals surface area contributed by atoms with Gasteiger partial charge in [0.2, 0.25) is 5.91 Å². The summed E-state index contributed by atoms with van der Waals surface area (Å²) >= 11 is 0. The van der Waals surface area contributed by atoms with Crippen LogP contribution in [0.1, 0.15) is 24.8 Å². The highest BCUT2D eigenvalue weighted by Gasteiger charge is 2.16. The Balaban J connectivity index is 1.61. The summed E-state index contributed by atoms with van der Waals surface area (Å²) in [6.45, 7) is 4.12. The molecule has 1 fully saturated rings. The fourth-order valence-electron chi connectivity index (χ4n) is 2.97. The number of aryl methyl sites for hydroxylation is 1. The zero-order valence-electron chi connectivity index (χ0n) is 14.0. The second-order valence-corrected chi connectivity index (χ2v) is 6.36. The lowest BCUT2D eigenvalue weighted by Gasteiger charge is -2.13. The summed E-state index contributed by atoms with van der Waals surface area (Å²) in [6, 6.07) is 15.4. The van der Waals surface area contributed by atoms with Crippen LogP contribution < -0.4 is 15.4 Å². The van der Waals surface area contributed by atoms with Crippen molar-refractivity contribution in [1.29, 1.82) is 0 Å². The third-order valence-electron chi connectivity index (χ3n) is 4.32. The molecule has 0 saturated carbocycles. The molecule has 2 aromatic carbocycles. The van der Waals surface area contributed by atoms with Crippen LogP contribution in [0.4, 0.5) is 5.69 Å². The number of hydrogen-bond donors (Lipinski definition) is 2. The van der Waals surface area contributed by atoms with Gasteiger partial charge in [0.1, 0.15) is 5.75 Å². The highest BCUT2D eigenvalue weighted by Crippen LogP contribution is 2.30. The van der Waals surface area contributed by atoms with Gasteiger partial charge in [0.25, 0.3) is 0 Å². The van der Waals surface area contributed by atoms with Crippen molar-refractivity contribution in [1.82, 2.24) is 5.32 Å². The maximum Gasteiger partial charge on any atom is 0.224 e. The molecular weight excluding hydrogens is 300 g/mol. The number of nitrogens with one attached hydrogen (secondary N) is 2. The monoisotopic (exact) mass is 324 g/mol. The van der Waals surface area contributed by atoms with Crippen molar-refractivity contribution in [3.8, 4) is 11.5 Å². The standard InChI is InChI=1S/C20H24N2O2/c1-15-5-4-6-17(13-15)24-19-8-3-2-7-18(19)22-20(23)10-9-16-11-12-21-14-16/h2-8,13,16,21H,9-12,14H2,1H3,(H,22,23). The Morgan fingerprint density at radius 3 is 2.92 bits per heavy atom. The minimum atomic E-state index is 0.0437. The van der Waals surface area contributed by atoms with E-state index in [-0.39, 0.29) is 5.91 Å².